The normalized spacial score (nSPS) is 31.5. The quantitative estimate of drug-likeness (QED) is 0.636. The summed E-state index contributed by atoms with van der Waals surface area (Å²) in [6, 6.07) is 1.49. The highest BCUT2D eigenvalue weighted by atomic mass is 15.0. The van der Waals surface area contributed by atoms with E-state index in [2.05, 4.69) is 39.9 Å². The van der Waals surface area contributed by atoms with Crippen molar-refractivity contribution in [2.45, 2.75) is 59.5 Å². The fourth-order valence-corrected chi connectivity index (χ4v) is 1.98. The summed E-state index contributed by atoms with van der Waals surface area (Å²) >= 11 is 0. The van der Waals surface area contributed by atoms with Gasteiger partial charge in [0.05, 0.1) is 0 Å². The lowest BCUT2D eigenvalue weighted by atomic mass is 9.86. The first-order valence-electron chi connectivity index (χ1n) is 5.17. The van der Waals surface area contributed by atoms with Crippen LogP contribution >= 0.6 is 0 Å². The molecule has 0 aromatic carbocycles. The average molecular weight is 169 g/mol. The van der Waals surface area contributed by atoms with E-state index in [0.717, 1.165) is 18.0 Å². The second kappa shape index (κ2) is 3.37. The van der Waals surface area contributed by atoms with Crippen LogP contribution in [0.2, 0.25) is 0 Å². The van der Waals surface area contributed by atoms with Crippen LogP contribution in [0.25, 0.3) is 0 Å². The summed E-state index contributed by atoms with van der Waals surface area (Å²) < 4.78 is 0. The van der Waals surface area contributed by atoms with E-state index in [9.17, 15) is 0 Å². The highest BCUT2D eigenvalue weighted by Gasteiger charge is 2.33. The summed E-state index contributed by atoms with van der Waals surface area (Å²) in [5.74, 6) is 0.789. The van der Waals surface area contributed by atoms with Gasteiger partial charge in [0.25, 0.3) is 0 Å². The Bertz CT molecular complexity index is 144. The van der Waals surface area contributed by atoms with Gasteiger partial charge in [-0.05, 0) is 24.2 Å². The Labute approximate surface area is 76.9 Å². The average Bonchev–Trinajstić information content (AvgIpc) is 2.30. The van der Waals surface area contributed by atoms with Crippen LogP contribution in [0, 0.1) is 11.3 Å². The SMILES string of the molecule is CC(C)C1CCC(C(C)(C)C)N1. The molecule has 0 aromatic rings. The van der Waals surface area contributed by atoms with E-state index in [1.807, 2.05) is 0 Å². The molecule has 1 heterocycles. The minimum atomic E-state index is 0.434. The van der Waals surface area contributed by atoms with E-state index in [1.54, 1.807) is 0 Å². The molecular weight excluding hydrogens is 146 g/mol. The third kappa shape index (κ3) is 2.22. The van der Waals surface area contributed by atoms with E-state index in [4.69, 9.17) is 0 Å². The molecule has 1 aliphatic heterocycles. The molecule has 0 radical (unpaired) electrons. The molecule has 1 fully saturated rings. The molecule has 1 saturated heterocycles. The Hall–Kier alpha value is -0.0400. The van der Waals surface area contributed by atoms with Gasteiger partial charge in [0.15, 0.2) is 0 Å². The molecule has 0 bridgehead atoms. The Morgan fingerprint density at radius 3 is 2.00 bits per heavy atom. The number of hydrogen-bond acceptors (Lipinski definition) is 1. The van der Waals surface area contributed by atoms with Crippen molar-refractivity contribution < 1.29 is 0 Å². The zero-order valence-electron chi connectivity index (χ0n) is 9.15. The molecule has 12 heavy (non-hydrogen) atoms. The molecule has 1 N–H and O–H groups in total. The summed E-state index contributed by atoms with van der Waals surface area (Å²) in [6.07, 6.45) is 2.71. The Morgan fingerprint density at radius 1 is 1.17 bits per heavy atom. The smallest absolute Gasteiger partial charge is 0.0119 e. The number of rotatable bonds is 1. The van der Waals surface area contributed by atoms with E-state index < -0.39 is 0 Å². The van der Waals surface area contributed by atoms with Crippen LogP contribution in [0.5, 0.6) is 0 Å². The lowest BCUT2D eigenvalue weighted by Crippen LogP contribution is -2.40. The number of nitrogens with one attached hydrogen (secondary N) is 1. The molecule has 0 saturated carbocycles. The second-order valence-corrected chi connectivity index (χ2v) is 5.51. The topological polar surface area (TPSA) is 12.0 Å². The van der Waals surface area contributed by atoms with Crippen molar-refractivity contribution in [3.8, 4) is 0 Å². The lowest BCUT2D eigenvalue weighted by molar-refractivity contribution is 0.277. The largest absolute Gasteiger partial charge is 0.310 e. The minimum absolute atomic E-state index is 0.434. The molecule has 1 heteroatoms. The van der Waals surface area contributed by atoms with Crippen LogP contribution in [0.4, 0.5) is 0 Å². The predicted molar refractivity (Wildman–Crippen MR) is 54.2 cm³/mol. The van der Waals surface area contributed by atoms with Gasteiger partial charge in [-0.2, -0.15) is 0 Å². The molecule has 2 unspecified atom stereocenters. The zero-order valence-corrected chi connectivity index (χ0v) is 9.15. The maximum atomic E-state index is 3.73. The maximum Gasteiger partial charge on any atom is 0.0119 e. The summed E-state index contributed by atoms with van der Waals surface area (Å²) in [5.41, 5.74) is 0.434. The molecule has 0 aliphatic carbocycles. The van der Waals surface area contributed by atoms with Crippen LogP contribution in [0.1, 0.15) is 47.5 Å². The third-order valence-corrected chi connectivity index (χ3v) is 3.03. The van der Waals surface area contributed by atoms with Crippen molar-refractivity contribution in [2.75, 3.05) is 0 Å². The molecule has 0 aromatic heterocycles. The molecule has 1 nitrogen and oxygen atoms in total. The fraction of sp³-hybridized carbons (Fsp3) is 1.00. The van der Waals surface area contributed by atoms with E-state index in [0.29, 0.717) is 5.41 Å². The van der Waals surface area contributed by atoms with E-state index in [-0.39, 0.29) is 0 Å². The van der Waals surface area contributed by atoms with Crippen LogP contribution < -0.4 is 5.32 Å². The Morgan fingerprint density at radius 2 is 1.75 bits per heavy atom. The molecule has 1 aliphatic rings. The Kier molecular flexibility index (Phi) is 2.82. The minimum Gasteiger partial charge on any atom is -0.310 e. The molecule has 1 rings (SSSR count). The van der Waals surface area contributed by atoms with Gasteiger partial charge in [-0.15, -0.1) is 0 Å². The second-order valence-electron chi connectivity index (χ2n) is 5.51. The first kappa shape index (κ1) is 10.0. The monoisotopic (exact) mass is 169 g/mol. The van der Waals surface area contributed by atoms with Gasteiger partial charge >= 0.3 is 0 Å². The first-order chi connectivity index (χ1) is 5.41. The van der Waals surface area contributed by atoms with Crippen molar-refractivity contribution in [1.29, 1.82) is 0 Å². The van der Waals surface area contributed by atoms with E-state index >= 15 is 0 Å². The Balaban J connectivity index is 2.46. The van der Waals surface area contributed by atoms with Crippen molar-refractivity contribution in [2.24, 2.45) is 11.3 Å². The fourth-order valence-electron chi connectivity index (χ4n) is 1.98. The van der Waals surface area contributed by atoms with E-state index in [1.165, 1.54) is 12.8 Å². The zero-order chi connectivity index (χ0) is 9.35. The first-order valence-corrected chi connectivity index (χ1v) is 5.17. The summed E-state index contributed by atoms with van der Waals surface area (Å²) in [5, 5.41) is 3.73. The third-order valence-electron chi connectivity index (χ3n) is 3.03. The van der Waals surface area contributed by atoms with Crippen molar-refractivity contribution in [3.05, 3.63) is 0 Å². The van der Waals surface area contributed by atoms with Gasteiger partial charge in [-0.3, -0.25) is 0 Å². The van der Waals surface area contributed by atoms with Crippen LogP contribution in [-0.4, -0.2) is 12.1 Å². The van der Waals surface area contributed by atoms with Gasteiger partial charge in [-0.25, -0.2) is 0 Å². The van der Waals surface area contributed by atoms with Crippen LogP contribution in [0.3, 0.4) is 0 Å². The van der Waals surface area contributed by atoms with Crippen LogP contribution in [-0.2, 0) is 0 Å². The van der Waals surface area contributed by atoms with Crippen molar-refractivity contribution in [1.82, 2.24) is 5.32 Å². The highest BCUT2D eigenvalue weighted by Crippen LogP contribution is 2.30. The standard InChI is InChI=1S/C11H23N/c1-8(2)9-6-7-10(12-9)11(3,4)5/h8-10,12H,6-7H2,1-5H3. The van der Waals surface area contributed by atoms with Gasteiger partial charge in [-0.1, -0.05) is 34.6 Å². The maximum absolute atomic E-state index is 3.73. The summed E-state index contributed by atoms with van der Waals surface area (Å²) in [7, 11) is 0. The summed E-state index contributed by atoms with van der Waals surface area (Å²) in [6.45, 7) is 11.6. The molecule has 0 spiro atoms. The summed E-state index contributed by atoms with van der Waals surface area (Å²) in [4.78, 5) is 0. The molecular formula is C11H23N. The van der Waals surface area contributed by atoms with Crippen molar-refractivity contribution in [3.63, 3.8) is 0 Å². The molecule has 0 amide bonds. The van der Waals surface area contributed by atoms with Crippen molar-refractivity contribution >= 4 is 0 Å². The van der Waals surface area contributed by atoms with Gasteiger partial charge in [0.2, 0.25) is 0 Å². The molecule has 2 atom stereocenters. The number of hydrogen-bond donors (Lipinski definition) is 1. The lowest BCUT2D eigenvalue weighted by Gasteiger charge is -2.28. The molecule has 72 valence electrons. The van der Waals surface area contributed by atoms with Gasteiger partial charge in [0, 0.05) is 12.1 Å². The van der Waals surface area contributed by atoms with Gasteiger partial charge < -0.3 is 5.32 Å². The highest BCUT2D eigenvalue weighted by molar-refractivity contribution is 4.91. The van der Waals surface area contributed by atoms with Crippen LogP contribution in [0.15, 0.2) is 0 Å². The predicted octanol–water partition coefficient (Wildman–Crippen LogP) is 2.81. The van der Waals surface area contributed by atoms with Gasteiger partial charge in [0.1, 0.15) is 0 Å².